The summed E-state index contributed by atoms with van der Waals surface area (Å²) in [6.07, 6.45) is 1.59. The number of H-pyrrole nitrogens is 1. The van der Waals surface area contributed by atoms with Gasteiger partial charge in [0.05, 0.1) is 18.7 Å². The van der Waals surface area contributed by atoms with E-state index < -0.39 is 0 Å². The third kappa shape index (κ3) is 5.70. The number of hydrogen-bond donors (Lipinski definition) is 4. The lowest BCUT2D eigenvalue weighted by atomic mass is 10.1. The molecule has 1 amide bonds. The van der Waals surface area contributed by atoms with Gasteiger partial charge in [-0.15, -0.1) is 0 Å². The van der Waals surface area contributed by atoms with Crippen molar-refractivity contribution < 1.29 is 4.79 Å². The number of halogens is 1. The molecule has 0 fully saturated rings. The number of anilines is 1. The number of rotatable bonds is 8. The number of nitrogens with one attached hydrogen (secondary N) is 3. The van der Waals surface area contributed by atoms with Gasteiger partial charge in [-0.3, -0.25) is 9.59 Å². The van der Waals surface area contributed by atoms with Crippen molar-refractivity contribution in [1.82, 2.24) is 24.9 Å². The highest BCUT2D eigenvalue weighted by molar-refractivity contribution is 6.30. The lowest BCUT2D eigenvalue weighted by Gasteiger charge is -2.13. The van der Waals surface area contributed by atoms with Gasteiger partial charge in [0.1, 0.15) is 11.6 Å². The van der Waals surface area contributed by atoms with Crippen LogP contribution in [-0.4, -0.2) is 25.5 Å². The molecule has 0 aliphatic heterocycles. The maximum atomic E-state index is 13.1. The maximum Gasteiger partial charge on any atom is 0.272 e. The quantitative estimate of drug-likeness (QED) is 0.299. The first kappa shape index (κ1) is 24.0. The average Bonchev–Trinajstić information content (AvgIpc) is 3.21. The summed E-state index contributed by atoms with van der Waals surface area (Å²) in [5, 5.41) is 3.17. The first-order chi connectivity index (χ1) is 16.8. The zero-order chi connectivity index (χ0) is 24.9. The van der Waals surface area contributed by atoms with Gasteiger partial charge in [-0.1, -0.05) is 48.0 Å². The number of carbonyl (C=O) groups is 1. The van der Waals surface area contributed by atoms with E-state index >= 15 is 0 Å². The number of pyridine rings is 2. The Kier molecular flexibility index (Phi) is 7.17. The van der Waals surface area contributed by atoms with Crippen molar-refractivity contribution in [3.05, 3.63) is 98.3 Å². The van der Waals surface area contributed by atoms with Crippen LogP contribution in [0.2, 0.25) is 5.15 Å². The molecule has 4 rings (SSSR count). The normalized spacial score (nSPS) is 10.8. The molecule has 0 spiro atoms. The summed E-state index contributed by atoms with van der Waals surface area (Å²) in [5.74, 6) is 0.814. The van der Waals surface area contributed by atoms with E-state index in [1.807, 2.05) is 43.3 Å². The monoisotopic (exact) mass is 491 g/mol. The van der Waals surface area contributed by atoms with Gasteiger partial charge in [-0.05, 0) is 37.1 Å². The molecule has 0 radical (unpaired) electrons. The Morgan fingerprint density at radius 1 is 1.09 bits per heavy atom. The lowest BCUT2D eigenvalue weighted by Crippen LogP contribution is -2.34. The van der Waals surface area contributed by atoms with E-state index in [4.69, 9.17) is 17.3 Å². The van der Waals surface area contributed by atoms with E-state index in [-0.39, 0.29) is 24.4 Å². The third-order valence-corrected chi connectivity index (χ3v) is 5.97. The first-order valence-electron chi connectivity index (χ1n) is 11.1. The number of imidazole rings is 1. The molecule has 0 bridgehead atoms. The molecule has 0 saturated carbocycles. The molecule has 10 heteroatoms. The molecule has 3 heterocycles. The summed E-state index contributed by atoms with van der Waals surface area (Å²) < 4.78 is 1.35. The summed E-state index contributed by atoms with van der Waals surface area (Å²) in [5.41, 5.74) is 12.7. The highest BCUT2D eigenvalue weighted by atomic mass is 35.5. The Hall–Kier alpha value is -4.11. The van der Waals surface area contributed by atoms with Crippen molar-refractivity contribution in [2.45, 2.75) is 33.4 Å². The Morgan fingerprint density at radius 3 is 2.60 bits per heavy atom. The number of aromatic nitrogens is 4. The minimum Gasteiger partial charge on any atom is -0.384 e. The highest BCUT2D eigenvalue weighted by Crippen LogP contribution is 2.21. The number of aromatic amines is 1. The summed E-state index contributed by atoms with van der Waals surface area (Å²) in [4.78, 5) is 37.4. The minimum absolute atomic E-state index is 0.0440. The standard InChI is InChI=1S/C25H26ClN7O2/c1-15-10-11-33(29-14-20-23(26)32-24(31-20)17-6-4-3-5-7-17)25(35)19(15)12-22(34)28-13-18-8-9-21(27)30-16(18)2/h3-11,29H,12-14H2,1-2H3,(H2,27,30)(H,28,34)(H,31,32). The second kappa shape index (κ2) is 10.4. The number of amides is 1. The highest BCUT2D eigenvalue weighted by Gasteiger charge is 2.14. The number of hydrogen-bond acceptors (Lipinski definition) is 6. The Balaban J connectivity index is 1.43. The van der Waals surface area contributed by atoms with Gasteiger partial charge in [-0.2, -0.15) is 0 Å². The zero-order valence-electron chi connectivity index (χ0n) is 19.4. The van der Waals surface area contributed by atoms with Crippen LogP contribution in [0.15, 0.2) is 59.5 Å². The lowest BCUT2D eigenvalue weighted by molar-refractivity contribution is -0.120. The van der Waals surface area contributed by atoms with E-state index in [2.05, 4.69) is 25.7 Å². The fourth-order valence-electron chi connectivity index (χ4n) is 3.62. The molecule has 4 aromatic rings. The molecule has 3 aromatic heterocycles. The third-order valence-electron chi connectivity index (χ3n) is 5.66. The van der Waals surface area contributed by atoms with Crippen LogP contribution < -0.4 is 22.0 Å². The van der Waals surface area contributed by atoms with Crippen molar-refractivity contribution in [2.75, 3.05) is 11.2 Å². The van der Waals surface area contributed by atoms with Crippen LogP contribution in [0.4, 0.5) is 5.82 Å². The fraction of sp³-hybridized carbons (Fsp3) is 0.200. The van der Waals surface area contributed by atoms with Gasteiger partial charge >= 0.3 is 0 Å². The smallest absolute Gasteiger partial charge is 0.272 e. The van der Waals surface area contributed by atoms with Crippen LogP contribution in [0.1, 0.15) is 28.1 Å². The van der Waals surface area contributed by atoms with Gasteiger partial charge in [-0.25, -0.2) is 14.6 Å². The fourth-order valence-corrected chi connectivity index (χ4v) is 3.82. The van der Waals surface area contributed by atoms with E-state index in [1.165, 1.54) is 4.68 Å². The summed E-state index contributed by atoms with van der Waals surface area (Å²) in [6, 6.07) is 14.9. The van der Waals surface area contributed by atoms with Crippen LogP contribution in [0, 0.1) is 13.8 Å². The van der Waals surface area contributed by atoms with E-state index in [9.17, 15) is 9.59 Å². The Bertz CT molecular complexity index is 1410. The molecular weight excluding hydrogens is 466 g/mol. The molecule has 0 aliphatic rings. The number of nitrogen functional groups attached to an aromatic ring is 1. The van der Waals surface area contributed by atoms with E-state index in [0.29, 0.717) is 34.6 Å². The largest absolute Gasteiger partial charge is 0.384 e. The molecular formula is C25H26ClN7O2. The second-order valence-corrected chi connectivity index (χ2v) is 8.50. The Morgan fingerprint density at radius 2 is 1.86 bits per heavy atom. The number of benzene rings is 1. The zero-order valence-corrected chi connectivity index (χ0v) is 20.2. The van der Waals surface area contributed by atoms with Crippen molar-refractivity contribution in [2.24, 2.45) is 0 Å². The van der Waals surface area contributed by atoms with Crippen molar-refractivity contribution in [3.8, 4) is 11.4 Å². The topological polar surface area (TPSA) is 131 Å². The van der Waals surface area contributed by atoms with Gasteiger partial charge in [0.2, 0.25) is 5.91 Å². The van der Waals surface area contributed by atoms with Gasteiger partial charge < -0.3 is 21.5 Å². The van der Waals surface area contributed by atoms with Crippen LogP contribution >= 0.6 is 11.6 Å². The van der Waals surface area contributed by atoms with Crippen LogP contribution in [0.3, 0.4) is 0 Å². The van der Waals surface area contributed by atoms with E-state index in [0.717, 1.165) is 22.4 Å². The second-order valence-electron chi connectivity index (χ2n) is 8.14. The number of nitrogens with zero attached hydrogens (tertiary/aromatic N) is 3. The van der Waals surface area contributed by atoms with E-state index in [1.54, 1.807) is 25.3 Å². The molecule has 0 saturated heterocycles. The van der Waals surface area contributed by atoms with Crippen molar-refractivity contribution in [3.63, 3.8) is 0 Å². The summed E-state index contributed by atoms with van der Waals surface area (Å²) >= 11 is 6.30. The molecule has 9 nitrogen and oxygen atoms in total. The predicted octanol–water partition coefficient (Wildman–Crippen LogP) is 3.09. The minimum atomic E-state index is -0.301. The van der Waals surface area contributed by atoms with Crippen LogP contribution in [0.25, 0.3) is 11.4 Å². The molecule has 0 unspecified atom stereocenters. The van der Waals surface area contributed by atoms with Crippen molar-refractivity contribution >= 4 is 23.3 Å². The van der Waals surface area contributed by atoms with Gasteiger partial charge in [0.15, 0.2) is 5.15 Å². The summed E-state index contributed by atoms with van der Waals surface area (Å²) in [7, 11) is 0. The number of nitrogens with two attached hydrogens (primary N) is 1. The summed E-state index contributed by atoms with van der Waals surface area (Å²) in [6.45, 7) is 4.19. The molecule has 35 heavy (non-hydrogen) atoms. The molecule has 1 aromatic carbocycles. The first-order valence-corrected chi connectivity index (χ1v) is 11.4. The van der Waals surface area contributed by atoms with Crippen molar-refractivity contribution in [1.29, 1.82) is 0 Å². The number of aryl methyl sites for hydroxylation is 2. The molecule has 0 atom stereocenters. The van der Waals surface area contributed by atoms with Crippen LogP contribution in [-0.2, 0) is 24.3 Å². The van der Waals surface area contributed by atoms with Crippen LogP contribution in [0.5, 0.6) is 0 Å². The number of carbonyl (C=O) groups excluding carboxylic acids is 1. The molecule has 180 valence electrons. The predicted molar refractivity (Wildman–Crippen MR) is 136 cm³/mol. The maximum absolute atomic E-state index is 13.1. The molecule has 0 aliphatic carbocycles. The van der Waals surface area contributed by atoms with Gasteiger partial charge in [0.25, 0.3) is 5.56 Å². The molecule has 5 N–H and O–H groups in total. The van der Waals surface area contributed by atoms with Gasteiger partial charge in [0, 0.05) is 29.6 Å². The average molecular weight is 492 g/mol. The SMILES string of the molecule is Cc1ccn(NCc2[nH]c(-c3ccccc3)nc2Cl)c(=O)c1CC(=O)NCc1ccc(N)nc1C. The Labute approximate surface area is 207 Å².